The van der Waals surface area contributed by atoms with Gasteiger partial charge in [-0.05, 0) is 32.1 Å². The molecule has 4 nitrogen and oxygen atoms in total. The minimum absolute atomic E-state index is 0.125. The molecule has 1 saturated carbocycles. The third kappa shape index (κ3) is 4.36. The molecule has 2 unspecified atom stereocenters. The Balaban J connectivity index is 2.48. The van der Waals surface area contributed by atoms with Crippen molar-refractivity contribution in [3.63, 3.8) is 0 Å². The van der Waals surface area contributed by atoms with Crippen molar-refractivity contribution in [1.82, 2.24) is 5.32 Å². The molecule has 0 radical (unpaired) electrons. The van der Waals surface area contributed by atoms with Crippen LogP contribution >= 0.6 is 0 Å². The van der Waals surface area contributed by atoms with Gasteiger partial charge in [0.15, 0.2) is 0 Å². The number of nitrogens with one attached hydrogen (secondary N) is 1. The van der Waals surface area contributed by atoms with Crippen LogP contribution in [-0.4, -0.2) is 23.0 Å². The molecular weight excluding hydrogens is 218 g/mol. The lowest BCUT2D eigenvalue weighted by Gasteiger charge is -2.20. The third-order valence-corrected chi connectivity index (χ3v) is 3.71. The molecule has 0 spiro atoms. The average molecular weight is 241 g/mol. The van der Waals surface area contributed by atoms with Crippen LogP contribution in [0.3, 0.4) is 0 Å². The van der Waals surface area contributed by atoms with Gasteiger partial charge < -0.3 is 10.4 Å². The van der Waals surface area contributed by atoms with Crippen molar-refractivity contribution in [3.05, 3.63) is 0 Å². The molecule has 0 heterocycles. The zero-order valence-electron chi connectivity index (χ0n) is 10.7. The lowest BCUT2D eigenvalue weighted by molar-refractivity contribution is -0.146. The van der Waals surface area contributed by atoms with Crippen LogP contribution in [0.1, 0.15) is 52.4 Å². The first-order chi connectivity index (χ1) is 8.04. The SMILES string of the molecule is CCC(C)NC(=O)CC(C(=O)O)C1CCCC1. The molecule has 4 heteroatoms. The topological polar surface area (TPSA) is 66.4 Å². The second-order valence-electron chi connectivity index (χ2n) is 5.07. The largest absolute Gasteiger partial charge is 0.481 e. The summed E-state index contributed by atoms with van der Waals surface area (Å²) in [6.45, 7) is 3.93. The Hall–Kier alpha value is -1.06. The average Bonchev–Trinajstić information content (AvgIpc) is 2.78. The number of hydrogen-bond donors (Lipinski definition) is 2. The van der Waals surface area contributed by atoms with E-state index in [4.69, 9.17) is 0 Å². The first-order valence-corrected chi connectivity index (χ1v) is 6.56. The number of hydrogen-bond acceptors (Lipinski definition) is 2. The van der Waals surface area contributed by atoms with E-state index in [9.17, 15) is 14.7 Å². The standard InChI is InChI=1S/C13H23NO3/c1-3-9(2)14-12(15)8-11(13(16)17)10-6-4-5-7-10/h9-11H,3-8H2,1-2H3,(H,14,15)(H,16,17). The van der Waals surface area contributed by atoms with Crippen LogP contribution < -0.4 is 5.32 Å². The summed E-state index contributed by atoms with van der Waals surface area (Å²) in [5.41, 5.74) is 0. The summed E-state index contributed by atoms with van der Waals surface area (Å²) in [6, 6.07) is 0.125. The quantitative estimate of drug-likeness (QED) is 0.749. The van der Waals surface area contributed by atoms with E-state index in [2.05, 4.69) is 5.32 Å². The summed E-state index contributed by atoms with van der Waals surface area (Å²) in [5.74, 6) is -1.26. The monoisotopic (exact) mass is 241 g/mol. The van der Waals surface area contributed by atoms with Crippen molar-refractivity contribution in [3.8, 4) is 0 Å². The van der Waals surface area contributed by atoms with Crippen LogP contribution in [0.2, 0.25) is 0 Å². The van der Waals surface area contributed by atoms with Gasteiger partial charge in [-0.15, -0.1) is 0 Å². The first kappa shape index (κ1) is 14.0. The predicted octanol–water partition coefficient (Wildman–Crippen LogP) is 2.18. The lowest BCUT2D eigenvalue weighted by Crippen LogP contribution is -2.36. The summed E-state index contributed by atoms with van der Waals surface area (Å²) in [7, 11) is 0. The molecular formula is C13H23NO3. The summed E-state index contributed by atoms with van der Waals surface area (Å²) < 4.78 is 0. The van der Waals surface area contributed by atoms with Gasteiger partial charge in [0.05, 0.1) is 5.92 Å². The van der Waals surface area contributed by atoms with Gasteiger partial charge in [-0.25, -0.2) is 0 Å². The zero-order valence-corrected chi connectivity index (χ0v) is 10.7. The molecule has 0 aliphatic heterocycles. The molecule has 2 atom stereocenters. The summed E-state index contributed by atoms with van der Waals surface area (Å²) >= 11 is 0. The summed E-state index contributed by atoms with van der Waals surface area (Å²) in [5, 5.41) is 12.0. The fourth-order valence-electron chi connectivity index (χ4n) is 2.45. The van der Waals surface area contributed by atoms with Crippen LogP contribution in [0.15, 0.2) is 0 Å². The smallest absolute Gasteiger partial charge is 0.307 e. The van der Waals surface area contributed by atoms with Crippen LogP contribution in [0, 0.1) is 11.8 Å². The van der Waals surface area contributed by atoms with E-state index in [1.807, 2.05) is 13.8 Å². The number of carbonyl (C=O) groups excluding carboxylic acids is 1. The highest BCUT2D eigenvalue weighted by molar-refractivity contribution is 5.82. The Morgan fingerprint density at radius 2 is 1.94 bits per heavy atom. The Labute approximate surface area is 103 Å². The van der Waals surface area contributed by atoms with Gasteiger partial charge in [0, 0.05) is 12.5 Å². The normalized spacial score (nSPS) is 19.9. The maximum Gasteiger partial charge on any atom is 0.307 e. The molecule has 2 N–H and O–H groups in total. The first-order valence-electron chi connectivity index (χ1n) is 6.56. The van der Waals surface area contributed by atoms with Gasteiger partial charge in [-0.2, -0.15) is 0 Å². The number of carbonyl (C=O) groups is 2. The molecule has 98 valence electrons. The number of carboxylic acid groups (broad SMARTS) is 1. The Bertz CT molecular complexity index is 272. The van der Waals surface area contributed by atoms with Gasteiger partial charge in [-0.1, -0.05) is 19.8 Å². The molecule has 1 amide bonds. The van der Waals surface area contributed by atoms with E-state index in [0.29, 0.717) is 0 Å². The minimum atomic E-state index is -0.823. The van der Waals surface area contributed by atoms with Crippen molar-refractivity contribution in [2.45, 2.75) is 58.4 Å². The maximum atomic E-state index is 11.7. The molecule has 17 heavy (non-hydrogen) atoms. The highest BCUT2D eigenvalue weighted by Crippen LogP contribution is 2.33. The van der Waals surface area contributed by atoms with Gasteiger partial charge >= 0.3 is 5.97 Å². The highest BCUT2D eigenvalue weighted by atomic mass is 16.4. The number of carboxylic acids is 1. The highest BCUT2D eigenvalue weighted by Gasteiger charge is 2.32. The van der Waals surface area contributed by atoms with E-state index < -0.39 is 11.9 Å². The molecule has 0 bridgehead atoms. The maximum absolute atomic E-state index is 11.7. The second kappa shape index (κ2) is 6.62. The minimum Gasteiger partial charge on any atom is -0.481 e. The van der Waals surface area contributed by atoms with Gasteiger partial charge in [0.2, 0.25) is 5.91 Å². The van der Waals surface area contributed by atoms with E-state index >= 15 is 0 Å². The van der Waals surface area contributed by atoms with Gasteiger partial charge in [0.1, 0.15) is 0 Å². The van der Waals surface area contributed by atoms with E-state index in [-0.39, 0.29) is 24.3 Å². The van der Waals surface area contributed by atoms with Gasteiger partial charge in [0.25, 0.3) is 0 Å². The molecule has 1 aliphatic rings. The fraction of sp³-hybridized carbons (Fsp3) is 0.846. The van der Waals surface area contributed by atoms with Crippen LogP contribution in [0.5, 0.6) is 0 Å². The van der Waals surface area contributed by atoms with Crippen LogP contribution in [0.25, 0.3) is 0 Å². The molecule has 1 rings (SSSR count). The van der Waals surface area contributed by atoms with Crippen molar-refractivity contribution in [1.29, 1.82) is 0 Å². The van der Waals surface area contributed by atoms with Crippen LogP contribution in [0.4, 0.5) is 0 Å². The number of rotatable bonds is 6. The third-order valence-electron chi connectivity index (χ3n) is 3.71. The zero-order chi connectivity index (χ0) is 12.8. The van der Waals surface area contributed by atoms with E-state index in [0.717, 1.165) is 32.1 Å². The van der Waals surface area contributed by atoms with Crippen molar-refractivity contribution in [2.24, 2.45) is 11.8 Å². The van der Waals surface area contributed by atoms with E-state index in [1.54, 1.807) is 0 Å². The number of aliphatic carboxylic acids is 1. The Morgan fingerprint density at radius 1 is 1.35 bits per heavy atom. The van der Waals surface area contributed by atoms with Crippen LogP contribution in [-0.2, 0) is 9.59 Å². The van der Waals surface area contributed by atoms with Crippen molar-refractivity contribution < 1.29 is 14.7 Å². The molecule has 1 fully saturated rings. The number of amides is 1. The summed E-state index contributed by atoms with van der Waals surface area (Å²) in [6.07, 6.45) is 5.10. The molecule has 0 aromatic heterocycles. The van der Waals surface area contributed by atoms with Gasteiger partial charge in [-0.3, -0.25) is 9.59 Å². The Kier molecular flexibility index (Phi) is 5.45. The van der Waals surface area contributed by atoms with Crippen molar-refractivity contribution >= 4 is 11.9 Å². The second-order valence-corrected chi connectivity index (χ2v) is 5.07. The lowest BCUT2D eigenvalue weighted by atomic mass is 9.88. The predicted molar refractivity (Wildman–Crippen MR) is 65.6 cm³/mol. The van der Waals surface area contributed by atoms with E-state index in [1.165, 1.54) is 0 Å². The molecule has 0 saturated heterocycles. The van der Waals surface area contributed by atoms with Crippen molar-refractivity contribution in [2.75, 3.05) is 0 Å². The Morgan fingerprint density at radius 3 is 2.41 bits per heavy atom. The molecule has 1 aliphatic carbocycles. The fourth-order valence-corrected chi connectivity index (χ4v) is 2.45. The molecule has 0 aromatic rings. The summed E-state index contributed by atoms with van der Waals surface area (Å²) in [4.78, 5) is 22.9. The molecule has 0 aromatic carbocycles.